The monoisotopic (exact) mass is 251 g/mol. The van der Waals surface area contributed by atoms with Crippen molar-refractivity contribution in [2.45, 2.75) is 24.8 Å². The molecule has 0 radical (unpaired) electrons. The average Bonchev–Trinajstić information content (AvgIpc) is 2.33. The molecular formula is C12H17N3O3. The Morgan fingerprint density at radius 2 is 2.22 bits per heavy atom. The summed E-state index contributed by atoms with van der Waals surface area (Å²) in [5.74, 6) is 0.464. The molecule has 0 atom stereocenters. The van der Waals surface area contributed by atoms with Crippen LogP contribution in [0.3, 0.4) is 0 Å². The van der Waals surface area contributed by atoms with Gasteiger partial charge in [-0.15, -0.1) is 0 Å². The minimum absolute atomic E-state index is 0.0107. The molecule has 0 aliphatic heterocycles. The number of nitrogens with one attached hydrogen (secondary N) is 1. The van der Waals surface area contributed by atoms with Crippen molar-refractivity contribution in [1.29, 1.82) is 0 Å². The number of anilines is 1. The number of rotatable bonds is 5. The molecule has 2 rings (SSSR count). The van der Waals surface area contributed by atoms with Crippen LogP contribution in [-0.2, 0) is 0 Å². The minimum Gasteiger partial charge on any atom is -0.496 e. The summed E-state index contributed by atoms with van der Waals surface area (Å²) in [6.07, 6.45) is 3.13. The smallest absolute Gasteiger partial charge is 0.275 e. The van der Waals surface area contributed by atoms with Crippen molar-refractivity contribution < 1.29 is 9.66 Å². The van der Waals surface area contributed by atoms with Gasteiger partial charge in [-0.3, -0.25) is 10.1 Å². The number of non-ortho nitro benzene ring substituents is 1. The number of ether oxygens (including phenoxy) is 1. The Morgan fingerprint density at radius 3 is 2.72 bits per heavy atom. The lowest BCUT2D eigenvalue weighted by molar-refractivity contribution is -0.384. The van der Waals surface area contributed by atoms with Crippen molar-refractivity contribution in [2.24, 2.45) is 5.73 Å². The predicted octanol–water partition coefficient (Wildman–Crippen LogP) is 1.90. The highest BCUT2D eigenvalue weighted by Gasteiger charge is 2.32. The normalized spacial score (nSPS) is 16.8. The molecular weight excluding hydrogens is 234 g/mol. The Kier molecular flexibility index (Phi) is 3.38. The number of hydrogen-bond donors (Lipinski definition) is 2. The van der Waals surface area contributed by atoms with Gasteiger partial charge in [-0.1, -0.05) is 0 Å². The minimum atomic E-state index is -0.435. The third-order valence-electron chi connectivity index (χ3n) is 3.33. The maximum Gasteiger partial charge on any atom is 0.275 e. The zero-order chi connectivity index (χ0) is 13.2. The van der Waals surface area contributed by atoms with Gasteiger partial charge in [-0.2, -0.15) is 0 Å². The van der Waals surface area contributed by atoms with E-state index in [9.17, 15) is 10.1 Å². The molecule has 0 heterocycles. The fraction of sp³-hybridized carbons (Fsp3) is 0.500. The molecule has 0 amide bonds. The fourth-order valence-corrected chi connectivity index (χ4v) is 1.99. The van der Waals surface area contributed by atoms with E-state index >= 15 is 0 Å². The molecule has 1 aliphatic rings. The van der Waals surface area contributed by atoms with Crippen LogP contribution in [0.15, 0.2) is 18.2 Å². The van der Waals surface area contributed by atoms with E-state index in [1.165, 1.54) is 19.2 Å². The van der Waals surface area contributed by atoms with E-state index in [0.29, 0.717) is 18.0 Å². The van der Waals surface area contributed by atoms with Gasteiger partial charge in [0.1, 0.15) is 5.75 Å². The van der Waals surface area contributed by atoms with Crippen LogP contribution in [0.4, 0.5) is 11.4 Å². The molecule has 0 aromatic heterocycles. The van der Waals surface area contributed by atoms with Gasteiger partial charge < -0.3 is 15.8 Å². The lowest BCUT2D eigenvalue weighted by Gasteiger charge is -2.38. The second-order valence-corrected chi connectivity index (χ2v) is 4.75. The maximum atomic E-state index is 10.8. The standard InChI is InChI=1S/C12H17N3O3/c1-18-11-6-9(5-10(7-11)15(16)17)14-8-12(13)3-2-4-12/h5-7,14H,2-4,8,13H2,1H3. The van der Waals surface area contributed by atoms with Gasteiger partial charge in [-0.25, -0.2) is 0 Å². The van der Waals surface area contributed by atoms with E-state index in [0.717, 1.165) is 19.3 Å². The van der Waals surface area contributed by atoms with Gasteiger partial charge in [0.2, 0.25) is 0 Å². The first-order chi connectivity index (χ1) is 8.52. The Labute approximate surface area is 105 Å². The molecule has 1 saturated carbocycles. The zero-order valence-corrected chi connectivity index (χ0v) is 10.3. The molecule has 1 aromatic carbocycles. The summed E-state index contributed by atoms with van der Waals surface area (Å²) in [4.78, 5) is 10.4. The summed E-state index contributed by atoms with van der Waals surface area (Å²) in [5.41, 5.74) is 6.60. The maximum absolute atomic E-state index is 10.8. The number of methoxy groups -OCH3 is 1. The van der Waals surface area contributed by atoms with Crippen LogP contribution in [0.1, 0.15) is 19.3 Å². The molecule has 0 bridgehead atoms. The SMILES string of the molecule is COc1cc(NCC2(N)CCC2)cc([N+](=O)[O-])c1. The van der Waals surface area contributed by atoms with Gasteiger partial charge in [0.05, 0.1) is 18.1 Å². The molecule has 6 nitrogen and oxygen atoms in total. The van der Waals surface area contributed by atoms with E-state index in [2.05, 4.69) is 5.32 Å². The topological polar surface area (TPSA) is 90.4 Å². The van der Waals surface area contributed by atoms with Crippen molar-refractivity contribution >= 4 is 11.4 Å². The van der Waals surface area contributed by atoms with Gasteiger partial charge in [-0.05, 0) is 19.3 Å². The first-order valence-electron chi connectivity index (χ1n) is 5.89. The molecule has 1 fully saturated rings. The van der Waals surface area contributed by atoms with E-state index in [4.69, 9.17) is 10.5 Å². The Morgan fingerprint density at radius 1 is 1.50 bits per heavy atom. The zero-order valence-electron chi connectivity index (χ0n) is 10.3. The summed E-state index contributed by atoms with van der Waals surface area (Å²) in [5, 5.41) is 13.9. The lowest BCUT2D eigenvalue weighted by atomic mass is 9.78. The lowest BCUT2D eigenvalue weighted by Crippen LogP contribution is -2.51. The molecule has 6 heteroatoms. The van der Waals surface area contributed by atoms with Crippen molar-refractivity contribution in [3.05, 3.63) is 28.3 Å². The molecule has 0 unspecified atom stereocenters. The number of nitro benzene ring substituents is 1. The van der Waals surface area contributed by atoms with Crippen LogP contribution >= 0.6 is 0 Å². The number of nitrogens with zero attached hydrogens (tertiary/aromatic N) is 1. The van der Waals surface area contributed by atoms with Gasteiger partial charge in [0.25, 0.3) is 5.69 Å². The number of hydrogen-bond acceptors (Lipinski definition) is 5. The third-order valence-corrected chi connectivity index (χ3v) is 3.33. The summed E-state index contributed by atoms with van der Waals surface area (Å²) in [6.45, 7) is 0.622. The van der Waals surface area contributed by atoms with Crippen molar-refractivity contribution in [1.82, 2.24) is 0 Å². The van der Waals surface area contributed by atoms with Crippen LogP contribution in [-0.4, -0.2) is 24.1 Å². The van der Waals surface area contributed by atoms with Crippen LogP contribution in [0.2, 0.25) is 0 Å². The summed E-state index contributed by atoms with van der Waals surface area (Å²) >= 11 is 0. The quantitative estimate of drug-likeness (QED) is 0.616. The molecule has 0 spiro atoms. The van der Waals surface area contributed by atoms with E-state index < -0.39 is 4.92 Å². The van der Waals surface area contributed by atoms with Crippen molar-refractivity contribution in [3.8, 4) is 5.75 Å². The molecule has 98 valence electrons. The number of nitro groups is 1. The summed E-state index contributed by atoms with van der Waals surface area (Å²) < 4.78 is 5.04. The summed E-state index contributed by atoms with van der Waals surface area (Å²) in [7, 11) is 1.49. The number of nitrogens with two attached hydrogens (primary N) is 1. The van der Waals surface area contributed by atoms with Crippen LogP contribution in [0.25, 0.3) is 0 Å². The van der Waals surface area contributed by atoms with E-state index in [1.54, 1.807) is 6.07 Å². The van der Waals surface area contributed by atoms with Crippen molar-refractivity contribution in [2.75, 3.05) is 19.0 Å². The van der Waals surface area contributed by atoms with Gasteiger partial charge >= 0.3 is 0 Å². The second kappa shape index (κ2) is 4.81. The first kappa shape index (κ1) is 12.6. The molecule has 18 heavy (non-hydrogen) atoms. The van der Waals surface area contributed by atoms with E-state index in [1.807, 2.05) is 0 Å². The molecule has 3 N–H and O–H groups in total. The summed E-state index contributed by atoms with van der Waals surface area (Å²) in [6, 6.07) is 4.62. The van der Waals surface area contributed by atoms with Gasteiger partial charge in [0.15, 0.2) is 0 Å². The molecule has 1 aliphatic carbocycles. The highest BCUT2D eigenvalue weighted by Crippen LogP contribution is 2.31. The largest absolute Gasteiger partial charge is 0.496 e. The molecule has 0 saturated heterocycles. The average molecular weight is 251 g/mol. The van der Waals surface area contributed by atoms with Crippen LogP contribution < -0.4 is 15.8 Å². The number of benzene rings is 1. The van der Waals surface area contributed by atoms with Crippen molar-refractivity contribution in [3.63, 3.8) is 0 Å². The van der Waals surface area contributed by atoms with Crippen LogP contribution in [0, 0.1) is 10.1 Å². The highest BCUT2D eigenvalue weighted by molar-refractivity contribution is 5.56. The Hall–Kier alpha value is -1.82. The first-order valence-corrected chi connectivity index (χ1v) is 5.89. The highest BCUT2D eigenvalue weighted by atomic mass is 16.6. The van der Waals surface area contributed by atoms with E-state index in [-0.39, 0.29) is 11.2 Å². The molecule has 1 aromatic rings. The van der Waals surface area contributed by atoms with Gasteiger partial charge in [0, 0.05) is 29.9 Å². The third kappa shape index (κ3) is 2.70. The second-order valence-electron chi connectivity index (χ2n) is 4.75. The van der Waals surface area contributed by atoms with Crippen LogP contribution in [0.5, 0.6) is 5.75 Å². The Bertz CT molecular complexity index is 458. The predicted molar refractivity (Wildman–Crippen MR) is 68.9 cm³/mol. The Balaban J connectivity index is 2.11. The fourth-order valence-electron chi connectivity index (χ4n) is 1.99.